The predicted molar refractivity (Wildman–Crippen MR) is 93.9 cm³/mol. The number of nitrogen functional groups attached to an aromatic ring is 2. The van der Waals surface area contributed by atoms with Gasteiger partial charge >= 0.3 is 0 Å². The molecule has 0 fully saturated rings. The number of nitrogens with two attached hydrogens (primary N) is 2. The first kappa shape index (κ1) is 20.4. The summed E-state index contributed by atoms with van der Waals surface area (Å²) < 4.78 is 0. The minimum absolute atomic E-state index is 0.829. The zero-order valence-electron chi connectivity index (χ0n) is 13.8. The third-order valence-electron chi connectivity index (χ3n) is 2.15. The van der Waals surface area contributed by atoms with E-state index in [0.29, 0.717) is 0 Å². The number of benzene rings is 2. The lowest BCUT2D eigenvalue weighted by atomic mass is 10.2. The van der Waals surface area contributed by atoms with E-state index in [1.807, 2.05) is 90.1 Å². The van der Waals surface area contributed by atoms with E-state index < -0.39 is 0 Å². The van der Waals surface area contributed by atoms with Crippen molar-refractivity contribution in [1.82, 2.24) is 0 Å². The lowest BCUT2D eigenvalue weighted by molar-refractivity contribution is 1.47. The van der Waals surface area contributed by atoms with E-state index in [-0.39, 0.29) is 0 Å². The van der Waals surface area contributed by atoms with Crippen molar-refractivity contribution < 1.29 is 0 Å². The molecule has 0 spiro atoms. The summed E-state index contributed by atoms with van der Waals surface area (Å²) in [5.74, 6) is 0. The van der Waals surface area contributed by atoms with Gasteiger partial charge in [0.15, 0.2) is 0 Å². The Bertz CT molecular complexity index is 331. The predicted octanol–water partition coefficient (Wildman–Crippen LogP) is 5.21. The van der Waals surface area contributed by atoms with E-state index in [2.05, 4.69) is 0 Å². The fourth-order valence-corrected chi connectivity index (χ4v) is 1.13. The van der Waals surface area contributed by atoms with E-state index in [9.17, 15) is 0 Å². The van der Waals surface area contributed by atoms with Gasteiger partial charge in [0.05, 0.1) is 0 Å². The summed E-state index contributed by atoms with van der Waals surface area (Å²) in [7, 11) is 0. The monoisotopic (exact) mass is 274 g/mol. The molecule has 0 radical (unpaired) electrons. The van der Waals surface area contributed by atoms with Gasteiger partial charge in [0.25, 0.3) is 0 Å². The van der Waals surface area contributed by atoms with Gasteiger partial charge in [-0.2, -0.15) is 0 Å². The van der Waals surface area contributed by atoms with Crippen LogP contribution in [0.3, 0.4) is 0 Å². The maximum atomic E-state index is 5.43. The average Bonchev–Trinajstić information content (AvgIpc) is 2.50. The second-order valence-corrected chi connectivity index (χ2v) is 3.82. The summed E-state index contributed by atoms with van der Waals surface area (Å²) in [5.41, 5.74) is 15.0. The van der Waals surface area contributed by atoms with Crippen LogP contribution in [0.4, 0.5) is 11.4 Å². The average molecular weight is 274 g/mol. The van der Waals surface area contributed by atoms with Gasteiger partial charge in [0, 0.05) is 11.4 Å². The van der Waals surface area contributed by atoms with Gasteiger partial charge in [-0.1, -0.05) is 63.1 Å². The van der Waals surface area contributed by atoms with Crippen molar-refractivity contribution in [1.29, 1.82) is 0 Å². The van der Waals surface area contributed by atoms with Crippen LogP contribution in [0.1, 0.15) is 38.8 Å². The summed E-state index contributed by atoms with van der Waals surface area (Å²) in [6.07, 6.45) is 0. The fourth-order valence-electron chi connectivity index (χ4n) is 1.13. The molecule has 2 rings (SSSR count). The standard InChI is InChI=1S/2C7H9N.2C2H6/c2*1-6-2-4-7(8)5-3-6;2*1-2/h2*2-5H,8H2,1H3;2*1-2H3. The normalized spacial score (nSPS) is 7.90. The van der Waals surface area contributed by atoms with E-state index in [1.54, 1.807) is 0 Å². The Morgan fingerprint density at radius 1 is 0.500 bits per heavy atom. The molecular weight excluding hydrogens is 244 g/mol. The maximum absolute atomic E-state index is 5.43. The quantitative estimate of drug-likeness (QED) is 0.648. The lowest BCUT2D eigenvalue weighted by Crippen LogP contribution is -1.81. The molecule has 2 aromatic rings. The highest BCUT2D eigenvalue weighted by Gasteiger charge is 1.80. The zero-order chi connectivity index (χ0) is 16.0. The van der Waals surface area contributed by atoms with E-state index in [4.69, 9.17) is 11.5 Å². The molecule has 20 heavy (non-hydrogen) atoms. The second kappa shape index (κ2) is 13.5. The summed E-state index contributed by atoms with van der Waals surface area (Å²) in [5, 5.41) is 0. The van der Waals surface area contributed by atoms with Crippen molar-refractivity contribution in [2.45, 2.75) is 41.5 Å². The maximum Gasteiger partial charge on any atom is 0.0314 e. The van der Waals surface area contributed by atoms with Crippen LogP contribution in [-0.2, 0) is 0 Å². The van der Waals surface area contributed by atoms with Crippen LogP contribution < -0.4 is 11.5 Å². The van der Waals surface area contributed by atoms with Crippen LogP contribution in [0.5, 0.6) is 0 Å². The van der Waals surface area contributed by atoms with E-state index in [0.717, 1.165) is 11.4 Å². The van der Waals surface area contributed by atoms with E-state index >= 15 is 0 Å². The number of aryl methyl sites for hydroxylation is 2. The molecule has 4 N–H and O–H groups in total. The van der Waals surface area contributed by atoms with Gasteiger partial charge in [-0.3, -0.25) is 0 Å². The molecule has 0 bridgehead atoms. The van der Waals surface area contributed by atoms with Crippen LogP contribution in [0.2, 0.25) is 0 Å². The van der Waals surface area contributed by atoms with Gasteiger partial charge in [-0.25, -0.2) is 0 Å². The molecule has 0 heterocycles. The minimum atomic E-state index is 0.829. The smallest absolute Gasteiger partial charge is 0.0314 e. The van der Waals surface area contributed by atoms with Gasteiger partial charge in [0.2, 0.25) is 0 Å². The lowest BCUT2D eigenvalue weighted by Gasteiger charge is -1.90. The van der Waals surface area contributed by atoms with Gasteiger partial charge < -0.3 is 11.5 Å². The van der Waals surface area contributed by atoms with Crippen molar-refractivity contribution in [2.24, 2.45) is 0 Å². The van der Waals surface area contributed by atoms with Crippen LogP contribution in [0.15, 0.2) is 48.5 Å². The fraction of sp³-hybridized carbons (Fsp3) is 0.333. The molecule has 0 aliphatic carbocycles. The third-order valence-corrected chi connectivity index (χ3v) is 2.15. The first-order valence-electron chi connectivity index (χ1n) is 7.22. The molecule has 0 aromatic heterocycles. The second-order valence-electron chi connectivity index (χ2n) is 3.82. The molecule has 0 saturated heterocycles. The zero-order valence-corrected chi connectivity index (χ0v) is 13.8. The third kappa shape index (κ3) is 11.1. The van der Waals surface area contributed by atoms with Crippen LogP contribution >= 0.6 is 0 Å². The SMILES string of the molecule is CC.CC.Cc1ccc(N)cc1.Cc1ccc(N)cc1. The van der Waals surface area contributed by atoms with Crippen LogP contribution in [0.25, 0.3) is 0 Å². The van der Waals surface area contributed by atoms with Gasteiger partial charge in [-0.05, 0) is 38.1 Å². The summed E-state index contributed by atoms with van der Waals surface area (Å²) in [6.45, 7) is 12.1. The number of rotatable bonds is 0. The Kier molecular flexibility index (Phi) is 13.7. The molecular formula is C18H30N2. The summed E-state index contributed by atoms with van der Waals surface area (Å²) >= 11 is 0. The molecule has 0 amide bonds. The Morgan fingerprint density at radius 2 is 0.700 bits per heavy atom. The summed E-state index contributed by atoms with van der Waals surface area (Å²) in [4.78, 5) is 0. The topological polar surface area (TPSA) is 52.0 Å². The molecule has 0 aliphatic rings. The first-order valence-corrected chi connectivity index (χ1v) is 7.22. The highest BCUT2D eigenvalue weighted by atomic mass is 14.5. The van der Waals surface area contributed by atoms with Crippen LogP contribution in [0, 0.1) is 13.8 Å². The molecule has 2 heteroatoms. The minimum Gasteiger partial charge on any atom is -0.399 e. The van der Waals surface area contributed by atoms with Crippen molar-refractivity contribution in [3.63, 3.8) is 0 Å². The molecule has 0 saturated carbocycles. The van der Waals surface area contributed by atoms with Gasteiger partial charge in [-0.15, -0.1) is 0 Å². The van der Waals surface area contributed by atoms with Gasteiger partial charge in [0.1, 0.15) is 0 Å². The Hall–Kier alpha value is -1.96. The van der Waals surface area contributed by atoms with Crippen molar-refractivity contribution in [3.05, 3.63) is 59.7 Å². The van der Waals surface area contributed by atoms with Crippen molar-refractivity contribution >= 4 is 11.4 Å². The van der Waals surface area contributed by atoms with Crippen molar-refractivity contribution in [2.75, 3.05) is 11.5 Å². The van der Waals surface area contributed by atoms with E-state index in [1.165, 1.54) is 11.1 Å². The Morgan fingerprint density at radius 3 is 0.850 bits per heavy atom. The molecule has 112 valence electrons. The molecule has 0 aliphatic heterocycles. The summed E-state index contributed by atoms with van der Waals surface area (Å²) in [6, 6.07) is 15.6. The molecule has 0 unspecified atom stereocenters. The molecule has 0 atom stereocenters. The Balaban J connectivity index is 0. The largest absolute Gasteiger partial charge is 0.399 e. The van der Waals surface area contributed by atoms with Crippen LogP contribution in [-0.4, -0.2) is 0 Å². The number of hydrogen-bond donors (Lipinski definition) is 2. The number of hydrogen-bond acceptors (Lipinski definition) is 2. The molecule has 2 nitrogen and oxygen atoms in total. The highest BCUT2D eigenvalue weighted by Crippen LogP contribution is 2.02. The first-order chi connectivity index (χ1) is 9.58. The molecule has 2 aromatic carbocycles. The Labute approximate surface area is 124 Å². The van der Waals surface area contributed by atoms with Crippen molar-refractivity contribution in [3.8, 4) is 0 Å². The number of anilines is 2. The highest BCUT2D eigenvalue weighted by molar-refractivity contribution is 5.39.